The third-order valence-corrected chi connectivity index (χ3v) is 8.61. The highest BCUT2D eigenvalue weighted by Gasteiger charge is 2.27. The summed E-state index contributed by atoms with van der Waals surface area (Å²) < 4.78 is 1.09. The molecular formula is C23H22ClN5O5S2. The monoisotopic (exact) mass is 547 g/mol. The molecule has 2 aliphatic heterocycles. The van der Waals surface area contributed by atoms with E-state index in [-0.39, 0.29) is 29.5 Å². The van der Waals surface area contributed by atoms with Crippen molar-refractivity contribution in [1.82, 2.24) is 9.97 Å². The zero-order chi connectivity index (χ0) is 24.9. The number of benzene rings is 1. The molecule has 188 valence electrons. The Bertz CT molecular complexity index is 1620. The number of fused-ring (bicyclic) bond motifs is 4. The molecule has 2 aromatic carbocycles. The molecule has 36 heavy (non-hydrogen) atoms. The molecule has 0 bridgehead atoms. The van der Waals surface area contributed by atoms with Gasteiger partial charge in [0.25, 0.3) is 16.4 Å². The second-order valence-electron chi connectivity index (χ2n) is 8.27. The van der Waals surface area contributed by atoms with Gasteiger partial charge in [0.05, 0.1) is 9.60 Å². The minimum atomic E-state index is -1.21. The van der Waals surface area contributed by atoms with Crippen molar-refractivity contribution >= 4 is 63.1 Å². The number of hydrogen-bond donors (Lipinski definition) is 4. The van der Waals surface area contributed by atoms with Gasteiger partial charge in [-0.05, 0) is 35.1 Å². The van der Waals surface area contributed by atoms with Crippen molar-refractivity contribution < 1.29 is 9.90 Å². The maximum absolute atomic E-state index is 11.8. The lowest BCUT2D eigenvalue weighted by Crippen LogP contribution is -2.44. The van der Waals surface area contributed by atoms with Crippen LogP contribution in [-0.2, 0) is 25.9 Å². The number of carboxylic acid groups (broad SMARTS) is 1. The number of aromatic nitrogens is 2. The van der Waals surface area contributed by atoms with Gasteiger partial charge in [-0.15, -0.1) is 35.5 Å². The van der Waals surface area contributed by atoms with Crippen LogP contribution in [0.4, 0.5) is 11.4 Å². The molecule has 0 saturated carbocycles. The zero-order valence-electron chi connectivity index (χ0n) is 18.8. The predicted molar refractivity (Wildman–Crippen MR) is 144 cm³/mol. The summed E-state index contributed by atoms with van der Waals surface area (Å²) in [6.07, 6.45) is 1.70. The van der Waals surface area contributed by atoms with Gasteiger partial charge in [0.1, 0.15) is 16.2 Å². The summed E-state index contributed by atoms with van der Waals surface area (Å²) in [6.45, 7) is 1.82. The highest BCUT2D eigenvalue weighted by atomic mass is 35.5. The van der Waals surface area contributed by atoms with Crippen molar-refractivity contribution in [1.29, 1.82) is 0 Å². The van der Waals surface area contributed by atoms with E-state index in [0.29, 0.717) is 35.5 Å². The topological polar surface area (TPSA) is 172 Å². The summed E-state index contributed by atoms with van der Waals surface area (Å²) in [6, 6.07) is 6.17. The van der Waals surface area contributed by atoms with Gasteiger partial charge in [0.15, 0.2) is 0 Å². The van der Waals surface area contributed by atoms with Crippen LogP contribution in [0.5, 0.6) is 0 Å². The Hall–Kier alpha value is -3.19. The van der Waals surface area contributed by atoms with Crippen LogP contribution in [0.3, 0.4) is 0 Å². The number of hydrogen-bond acceptors (Lipinski definition) is 10. The number of nitrogens with two attached hydrogens (primary N) is 2. The van der Waals surface area contributed by atoms with Crippen molar-refractivity contribution in [3.8, 4) is 0 Å². The summed E-state index contributed by atoms with van der Waals surface area (Å²) in [5.74, 6) is -0.514. The number of aromatic amines is 1. The molecule has 6 N–H and O–H groups in total. The number of H-pyrrole nitrogens is 1. The largest absolute Gasteiger partial charge is 0.475 e. The lowest BCUT2D eigenvalue weighted by atomic mass is 9.96. The molecule has 2 aliphatic rings. The third-order valence-electron chi connectivity index (χ3n) is 6.17. The molecule has 0 aliphatic carbocycles. The van der Waals surface area contributed by atoms with Crippen LogP contribution in [0.25, 0.3) is 10.2 Å². The first-order chi connectivity index (χ1) is 16.8. The van der Waals surface area contributed by atoms with Crippen molar-refractivity contribution in [2.24, 2.45) is 5.73 Å². The minimum absolute atomic E-state index is 0. The van der Waals surface area contributed by atoms with Crippen LogP contribution in [-0.4, -0.2) is 33.3 Å². The smallest absolute Gasteiger partial charge is 0.372 e. The van der Waals surface area contributed by atoms with Crippen molar-refractivity contribution in [3.05, 3.63) is 77.1 Å². The van der Waals surface area contributed by atoms with Gasteiger partial charge in [-0.3, -0.25) is 14.4 Å². The fraction of sp³-hybridized carbons (Fsp3) is 0.261. The summed E-state index contributed by atoms with van der Waals surface area (Å²) in [7, 11) is 0. The van der Waals surface area contributed by atoms with Crippen LogP contribution < -0.4 is 32.8 Å². The Balaban J connectivity index is 0.000000167. The molecule has 0 radical (unpaired) electrons. The number of thiophene rings is 1. The first-order valence-corrected chi connectivity index (χ1v) is 12.6. The number of aromatic carboxylic acids is 1. The number of thioether (sulfide) groups is 1. The van der Waals surface area contributed by atoms with Gasteiger partial charge in [0, 0.05) is 25.4 Å². The van der Waals surface area contributed by atoms with Crippen LogP contribution in [0.1, 0.15) is 32.9 Å². The average molecular weight is 548 g/mol. The Labute approximate surface area is 218 Å². The first kappa shape index (κ1) is 25.9. The Morgan fingerprint density at radius 3 is 2.64 bits per heavy atom. The van der Waals surface area contributed by atoms with Crippen LogP contribution in [0.15, 0.2) is 36.8 Å². The number of nitrogens with one attached hydrogen (secondary N) is 1. The number of aryl methyl sites for hydroxylation is 1. The molecular weight excluding hydrogens is 526 g/mol. The van der Waals surface area contributed by atoms with Crippen molar-refractivity contribution in [2.45, 2.75) is 30.1 Å². The Morgan fingerprint density at radius 1 is 1.17 bits per heavy atom. The van der Waals surface area contributed by atoms with E-state index >= 15 is 0 Å². The molecule has 4 aromatic rings. The zero-order valence-corrected chi connectivity index (χ0v) is 21.3. The van der Waals surface area contributed by atoms with E-state index in [2.05, 4.69) is 22.1 Å². The normalized spacial score (nSPS) is 14.1. The van der Waals surface area contributed by atoms with E-state index in [9.17, 15) is 19.2 Å². The predicted octanol–water partition coefficient (Wildman–Crippen LogP) is 1.64. The van der Waals surface area contributed by atoms with Crippen LogP contribution in [0, 0.1) is 0 Å². The number of halogens is 1. The highest BCUT2D eigenvalue weighted by molar-refractivity contribution is 8.01. The summed E-state index contributed by atoms with van der Waals surface area (Å²) in [4.78, 5) is 53.9. The maximum atomic E-state index is 11.8. The molecule has 0 saturated heterocycles. The van der Waals surface area contributed by atoms with E-state index in [1.165, 1.54) is 16.9 Å². The van der Waals surface area contributed by atoms with Crippen LogP contribution in [0.2, 0.25) is 0 Å². The van der Waals surface area contributed by atoms with Gasteiger partial charge in [0.2, 0.25) is 5.82 Å². The van der Waals surface area contributed by atoms with E-state index in [1.54, 1.807) is 11.8 Å². The number of nitrogens with zero attached hydrogens (tertiary/aromatic N) is 2. The van der Waals surface area contributed by atoms with E-state index in [0.717, 1.165) is 39.5 Å². The standard InChI is InChI=1S/C14H15N3O2.C9H6N2O3S2.ClH/c15-6-8-1-2-9-3-4-17(7-10(9)5-8)12-11(16)13(18)14(12)19;12-6-4-3-1-2-15-9(3)16-7(4)11-5(10-6)8(13)14;/h1-2,5H,3-4,6-7,15-16H2;1-2H2,(H,13,14)(H,10,11,12);1H. The number of rotatable bonds is 3. The number of anilines is 2. The fourth-order valence-corrected chi connectivity index (χ4v) is 6.92. The number of carboxylic acids is 1. The lowest BCUT2D eigenvalue weighted by molar-refractivity contribution is 0.0683. The number of nitrogen functional groups attached to an aromatic ring is 1. The first-order valence-electron chi connectivity index (χ1n) is 10.8. The lowest BCUT2D eigenvalue weighted by Gasteiger charge is -2.31. The molecule has 10 nitrogen and oxygen atoms in total. The van der Waals surface area contributed by atoms with Gasteiger partial charge in [-0.2, -0.15) is 0 Å². The van der Waals surface area contributed by atoms with Gasteiger partial charge < -0.3 is 26.5 Å². The van der Waals surface area contributed by atoms with Crippen LogP contribution >= 0.6 is 35.5 Å². The second-order valence-corrected chi connectivity index (χ2v) is 10.6. The number of carbonyl (C=O) groups is 1. The molecule has 0 amide bonds. The molecule has 2 aromatic heterocycles. The highest BCUT2D eigenvalue weighted by Crippen LogP contribution is 2.41. The van der Waals surface area contributed by atoms with Crippen molar-refractivity contribution in [3.63, 3.8) is 0 Å². The van der Waals surface area contributed by atoms with Gasteiger partial charge in [-0.1, -0.05) is 18.2 Å². The Kier molecular flexibility index (Phi) is 7.23. The quantitative estimate of drug-likeness (QED) is 0.276. The van der Waals surface area contributed by atoms with Gasteiger partial charge >= 0.3 is 5.97 Å². The molecule has 0 spiro atoms. The SMILES string of the molecule is Cl.NCc1ccc2c(c1)CN(c1c(N)c(=O)c1=O)CC2.O=C(O)c1nc2sc3c(c2c(=O)[nH]1)CCS3. The molecule has 13 heteroatoms. The average Bonchev–Trinajstić information content (AvgIpc) is 3.45. The van der Waals surface area contributed by atoms with E-state index in [1.807, 2.05) is 11.0 Å². The molecule has 0 unspecified atom stereocenters. The molecule has 0 atom stereocenters. The van der Waals surface area contributed by atoms with E-state index < -0.39 is 16.8 Å². The second kappa shape index (κ2) is 10.1. The maximum Gasteiger partial charge on any atom is 0.372 e. The Morgan fingerprint density at radius 2 is 1.94 bits per heavy atom. The fourth-order valence-electron chi connectivity index (χ4n) is 4.37. The molecule has 0 fully saturated rings. The summed E-state index contributed by atoms with van der Waals surface area (Å²) in [5, 5.41) is 9.35. The van der Waals surface area contributed by atoms with Crippen molar-refractivity contribution in [2.75, 3.05) is 22.9 Å². The summed E-state index contributed by atoms with van der Waals surface area (Å²) >= 11 is 3.10. The summed E-state index contributed by atoms with van der Waals surface area (Å²) in [5.41, 5.74) is 14.9. The van der Waals surface area contributed by atoms with Gasteiger partial charge in [-0.25, -0.2) is 9.78 Å². The third kappa shape index (κ3) is 4.41. The molecule has 4 heterocycles. The molecule has 6 rings (SSSR count). The van der Waals surface area contributed by atoms with E-state index in [4.69, 9.17) is 16.6 Å². The minimum Gasteiger partial charge on any atom is -0.475 e.